The second-order valence-electron chi connectivity index (χ2n) is 2.48. The average molecular weight is 196 g/mol. The third-order valence-electron chi connectivity index (χ3n) is 1.61. The number of nitrogen functional groups attached to an aromatic ring is 1. The highest BCUT2D eigenvalue weighted by Gasteiger charge is 2.06. The monoisotopic (exact) mass is 195 g/mol. The maximum atomic E-state index is 7.24. The molecule has 0 fully saturated rings. The fourth-order valence-electron chi connectivity index (χ4n) is 1.03. The van der Waals surface area contributed by atoms with Crippen LogP contribution in [-0.2, 0) is 0 Å². The quantitative estimate of drug-likeness (QED) is 0.518. The van der Waals surface area contributed by atoms with Gasteiger partial charge in [-0.15, -0.1) is 0 Å². The Bertz CT molecular complexity index is 475. The number of aromatic nitrogens is 3. The molecule has 2 aromatic heterocycles. The number of hydrogen-bond donors (Lipinski definition) is 2. The van der Waals surface area contributed by atoms with Crippen molar-refractivity contribution in [2.24, 2.45) is 5.73 Å². The lowest BCUT2D eigenvalue weighted by atomic mass is 10.4. The highest BCUT2D eigenvalue weighted by Crippen LogP contribution is 2.08. The Balaban J connectivity index is 2.79. The lowest BCUT2D eigenvalue weighted by Gasteiger charge is -1.97. The van der Waals surface area contributed by atoms with Gasteiger partial charge in [-0.3, -0.25) is 5.41 Å². The summed E-state index contributed by atoms with van der Waals surface area (Å²) < 4.78 is 1.44. The molecule has 0 amide bonds. The van der Waals surface area contributed by atoms with Crippen LogP contribution in [0.25, 0.3) is 5.65 Å². The van der Waals surface area contributed by atoms with Crippen molar-refractivity contribution in [3.05, 3.63) is 29.2 Å². The van der Waals surface area contributed by atoms with E-state index in [0.29, 0.717) is 16.5 Å². The summed E-state index contributed by atoms with van der Waals surface area (Å²) in [5.41, 5.74) is 6.38. The number of fused-ring (bicyclic) bond motifs is 1. The molecule has 0 radical (unpaired) electrons. The standard InChI is InChI=1S/C7H6ClN5/c8-5-1-2-6-11-3-4(7(9)10)13(6)12-5/h1-3H,(H3,9,10). The van der Waals surface area contributed by atoms with Crippen molar-refractivity contribution < 1.29 is 0 Å². The smallest absolute Gasteiger partial charge is 0.154 e. The number of nitrogens with zero attached hydrogens (tertiary/aromatic N) is 3. The van der Waals surface area contributed by atoms with Crippen molar-refractivity contribution in [1.29, 1.82) is 5.41 Å². The van der Waals surface area contributed by atoms with Crippen molar-refractivity contribution in [2.75, 3.05) is 0 Å². The number of imidazole rings is 1. The summed E-state index contributed by atoms with van der Waals surface area (Å²) in [6, 6.07) is 3.34. The lowest BCUT2D eigenvalue weighted by Crippen LogP contribution is -2.14. The van der Waals surface area contributed by atoms with E-state index in [1.54, 1.807) is 12.1 Å². The van der Waals surface area contributed by atoms with Gasteiger partial charge in [0.1, 0.15) is 16.7 Å². The van der Waals surface area contributed by atoms with Crippen molar-refractivity contribution >= 4 is 23.1 Å². The van der Waals surface area contributed by atoms with Gasteiger partial charge in [0.15, 0.2) is 5.65 Å². The summed E-state index contributed by atoms with van der Waals surface area (Å²) in [6.45, 7) is 0. The third-order valence-corrected chi connectivity index (χ3v) is 1.81. The van der Waals surface area contributed by atoms with Crippen molar-refractivity contribution in [1.82, 2.24) is 14.6 Å². The topological polar surface area (TPSA) is 80.1 Å². The zero-order valence-corrected chi connectivity index (χ0v) is 7.28. The van der Waals surface area contributed by atoms with Gasteiger partial charge in [-0.2, -0.15) is 5.10 Å². The van der Waals surface area contributed by atoms with Gasteiger partial charge in [0.25, 0.3) is 0 Å². The van der Waals surface area contributed by atoms with Crippen molar-refractivity contribution in [2.45, 2.75) is 0 Å². The van der Waals surface area contributed by atoms with E-state index in [1.807, 2.05) is 0 Å². The van der Waals surface area contributed by atoms with E-state index < -0.39 is 0 Å². The molecular weight excluding hydrogens is 190 g/mol. The average Bonchev–Trinajstić information content (AvgIpc) is 2.46. The van der Waals surface area contributed by atoms with Crippen LogP contribution in [0.3, 0.4) is 0 Å². The van der Waals surface area contributed by atoms with E-state index in [-0.39, 0.29) is 5.84 Å². The predicted molar refractivity (Wildman–Crippen MR) is 49.0 cm³/mol. The zero-order chi connectivity index (χ0) is 9.42. The SMILES string of the molecule is N=C(N)c1cnc2ccc(Cl)nn12. The molecule has 2 heterocycles. The molecule has 0 unspecified atom stereocenters. The molecule has 0 bridgehead atoms. The number of halogens is 1. The van der Waals surface area contributed by atoms with Crippen molar-refractivity contribution in [3.63, 3.8) is 0 Å². The van der Waals surface area contributed by atoms with Crippen LogP contribution in [-0.4, -0.2) is 20.4 Å². The van der Waals surface area contributed by atoms with Crippen LogP contribution in [0.2, 0.25) is 5.15 Å². The maximum Gasteiger partial charge on any atom is 0.154 e. The molecule has 0 saturated heterocycles. The van der Waals surface area contributed by atoms with Gasteiger partial charge in [0.05, 0.1) is 6.20 Å². The van der Waals surface area contributed by atoms with Crippen LogP contribution in [0.1, 0.15) is 5.69 Å². The van der Waals surface area contributed by atoms with E-state index >= 15 is 0 Å². The van der Waals surface area contributed by atoms with E-state index in [2.05, 4.69) is 10.1 Å². The van der Waals surface area contributed by atoms with Crippen LogP contribution in [0.5, 0.6) is 0 Å². The van der Waals surface area contributed by atoms with Crippen molar-refractivity contribution in [3.8, 4) is 0 Å². The van der Waals surface area contributed by atoms with Crippen LogP contribution < -0.4 is 5.73 Å². The molecule has 0 atom stereocenters. The summed E-state index contributed by atoms with van der Waals surface area (Å²) in [5.74, 6) is -0.0812. The third kappa shape index (κ3) is 1.23. The first-order chi connectivity index (χ1) is 6.18. The van der Waals surface area contributed by atoms with Gasteiger partial charge < -0.3 is 5.73 Å². The summed E-state index contributed by atoms with van der Waals surface area (Å²) in [5, 5.41) is 11.5. The second kappa shape index (κ2) is 2.70. The highest BCUT2D eigenvalue weighted by atomic mass is 35.5. The molecule has 3 N–H and O–H groups in total. The van der Waals surface area contributed by atoms with Gasteiger partial charge >= 0.3 is 0 Å². The fourth-order valence-corrected chi connectivity index (χ4v) is 1.17. The minimum absolute atomic E-state index is 0.0812. The van der Waals surface area contributed by atoms with Crippen LogP contribution >= 0.6 is 11.6 Å². The van der Waals surface area contributed by atoms with E-state index in [0.717, 1.165) is 0 Å². The first-order valence-electron chi connectivity index (χ1n) is 3.53. The molecule has 2 rings (SSSR count). The molecule has 66 valence electrons. The largest absolute Gasteiger partial charge is 0.382 e. The van der Waals surface area contributed by atoms with E-state index in [1.165, 1.54) is 10.7 Å². The first-order valence-corrected chi connectivity index (χ1v) is 3.91. The fraction of sp³-hybridized carbons (Fsp3) is 0. The van der Waals surface area contributed by atoms with E-state index in [9.17, 15) is 0 Å². The summed E-state index contributed by atoms with van der Waals surface area (Å²) >= 11 is 5.68. The number of nitrogens with two attached hydrogens (primary N) is 1. The molecule has 0 aliphatic rings. The Hall–Kier alpha value is -1.62. The normalized spacial score (nSPS) is 10.5. The number of amidine groups is 1. The molecule has 5 nitrogen and oxygen atoms in total. The van der Waals surface area contributed by atoms with Gasteiger partial charge in [-0.05, 0) is 12.1 Å². The van der Waals surface area contributed by atoms with Crippen LogP contribution in [0, 0.1) is 5.41 Å². The lowest BCUT2D eigenvalue weighted by molar-refractivity contribution is 0.923. The van der Waals surface area contributed by atoms with Gasteiger partial charge in [0.2, 0.25) is 0 Å². The molecule has 0 aliphatic carbocycles. The Kier molecular flexibility index (Phi) is 1.66. The second-order valence-corrected chi connectivity index (χ2v) is 2.87. The van der Waals surface area contributed by atoms with Gasteiger partial charge in [-0.1, -0.05) is 11.6 Å². The number of hydrogen-bond acceptors (Lipinski definition) is 3. The first kappa shape index (κ1) is 8.00. The Labute approximate surface area is 78.7 Å². The summed E-state index contributed by atoms with van der Waals surface area (Å²) in [7, 11) is 0. The molecule has 0 spiro atoms. The van der Waals surface area contributed by atoms with Crippen LogP contribution in [0.4, 0.5) is 0 Å². The Morgan fingerprint density at radius 2 is 2.31 bits per heavy atom. The van der Waals surface area contributed by atoms with Crippen LogP contribution in [0.15, 0.2) is 18.3 Å². The summed E-state index contributed by atoms with van der Waals surface area (Å²) in [6.07, 6.45) is 1.49. The Morgan fingerprint density at radius 1 is 1.54 bits per heavy atom. The number of rotatable bonds is 1. The minimum Gasteiger partial charge on any atom is -0.382 e. The molecule has 0 saturated carbocycles. The van der Waals surface area contributed by atoms with Gasteiger partial charge in [-0.25, -0.2) is 9.50 Å². The molecule has 13 heavy (non-hydrogen) atoms. The molecule has 6 heteroatoms. The molecule has 0 aliphatic heterocycles. The predicted octanol–water partition coefficient (Wildman–Crippen LogP) is 0.667. The minimum atomic E-state index is -0.0812. The highest BCUT2D eigenvalue weighted by molar-refractivity contribution is 6.29. The summed E-state index contributed by atoms with van der Waals surface area (Å²) in [4.78, 5) is 4.00. The van der Waals surface area contributed by atoms with Gasteiger partial charge in [0, 0.05) is 0 Å². The zero-order valence-electron chi connectivity index (χ0n) is 6.53. The molecular formula is C7H6ClN5. The maximum absolute atomic E-state index is 7.24. The molecule has 0 aromatic carbocycles. The Morgan fingerprint density at radius 3 is 3.00 bits per heavy atom. The number of nitrogens with one attached hydrogen (secondary N) is 1. The molecule has 2 aromatic rings. The van der Waals surface area contributed by atoms with E-state index in [4.69, 9.17) is 22.7 Å².